The Morgan fingerprint density at radius 2 is 2.00 bits per heavy atom. The van der Waals surface area contributed by atoms with Gasteiger partial charge in [-0.2, -0.15) is 0 Å². The van der Waals surface area contributed by atoms with Crippen molar-refractivity contribution in [2.24, 2.45) is 0 Å². The molecule has 118 valence electrons. The van der Waals surface area contributed by atoms with E-state index in [4.69, 9.17) is 4.74 Å². The molecule has 0 saturated carbocycles. The van der Waals surface area contributed by atoms with E-state index in [0.717, 1.165) is 25.3 Å². The van der Waals surface area contributed by atoms with E-state index in [1.165, 1.54) is 45.3 Å². The molecule has 1 fully saturated rings. The van der Waals surface area contributed by atoms with Crippen molar-refractivity contribution in [2.75, 3.05) is 32.8 Å². The lowest BCUT2D eigenvalue weighted by atomic mass is 10.2. The summed E-state index contributed by atoms with van der Waals surface area (Å²) in [7, 11) is 0. The fourth-order valence-electron chi connectivity index (χ4n) is 2.90. The molecule has 1 N–H and O–H groups in total. The van der Waals surface area contributed by atoms with Crippen molar-refractivity contribution in [3.8, 4) is 5.75 Å². The molecule has 1 aromatic carbocycles. The van der Waals surface area contributed by atoms with Crippen LogP contribution in [0.15, 0.2) is 30.3 Å². The van der Waals surface area contributed by atoms with Crippen molar-refractivity contribution in [3.05, 3.63) is 30.3 Å². The smallest absolute Gasteiger partial charge is 0.119 e. The Morgan fingerprint density at radius 1 is 1.19 bits per heavy atom. The van der Waals surface area contributed by atoms with Gasteiger partial charge in [0, 0.05) is 19.1 Å². The molecular weight excluding hydrogens is 260 g/mol. The third-order valence-corrected chi connectivity index (χ3v) is 4.10. The number of benzene rings is 1. The van der Waals surface area contributed by atoms with E-state index in [9.17, 15) is 0 Å². The van der Waals surface area contributed by atoms with Gasteiger partial charge in [0.15, 0.2) is 0 Å². The fraction of sp³-hybridized carbons (Fsp3) is 0.667. The van der Waals surface area contributed by atoms with Gasteiger partial charge in [0.05, 0.1) is 6.61 Å². The zero-order valence-corrected chi connectivity index (χ0v) is 13.4. The minimum atomic E-state index is 0.705. The van der Waals surface area contributed by atoms with Crippen LogP contribution in [0.2, 0.25) is 0 Å². The van der Waals surface area contributed by atoms with Gasteiger partial charge in [0.1, 0.15) is 5.75 Å². The summed E-state index contributed by atoms with van der Waals surface area (Å²) in [5, 5.41) is 3.61. The zero-order valence-electron chi connectivity index (χ0n) is 13.4. The zero-order chi connectivity index (χ0) is 14.8. The molecule has 0 bridgehead atoms. The highest BCUT2D eigenvalue weighted by Gasteiger charge is 2.17. The number of hydrogen-bond acceptors (Lipinski definition) is 3. The largest absolute Gasteiger partial charge is 0.494 e. The van der Waals surface area contributed by atoms with Crippen molar-refractivity contribution in [1.82, 2.24) is 10.2 Å². The summed E-state index contributed by atoms with van der Waals surface area (Å²) < 4.78 is 5.79. The highest BCUT2D eigenvalue weighted by molar-refractivity contribution is 5.20. The van der Waals surface area contributed by atoms with Gasteiger partial charge in [-0.3, -0.25) is 0 Å². The molecule has 21 heavy (non-hydrogen) atoms. The van der Waals surface area contributed by atoms with E-state index < -0.39 is 0 Å². The normalized spacial score (nSPS) is 18.3. The first-order valence-corrected chi connectivity index (χ1v) is 8.52. The van der Waals surface area contributed by atoms with Gasteiger partial charge in [-0.15, -0.1) is 0 Å². The number of nitrogens with zero attached hydrogens (tertiary/aromatic N) is 1. The molecule has 1 aliphatic heterocycles. The number of nitrogens with one attached hydrogen (secondary N) is 1. The van der Waals surface area contributed by atoms with Gasteiger partial charge < -0.3 is 15.0 Å². The molecule has 1 aliphatic rings. The van der Waals surface area contributed by atoms with Crippen LogP contribution in [0.25, 0.3) is 0 Å². The second kappa shape index (κ2) is 9.80. The Hall–Kier alpha value is -1.06. The van der Waals surface area contributed by atoms with Gasteiger partial charge in [-0.1, -0.05) is 31.5 Å². The minimum Gasteiger partial charge on any atom is -0.494 e. The molecule has 3 heteroatoms. The van der Waals surface area contributed by atoms with Crippen LogP contribution in [0.4, 0.5) is 0 Å². The highest BCUT2D eigenvalue weighted by Crippen LogP contribution is 2.10. The quantitative estimate of drug-likeness (QED) is 0.669. The average molecular weight is 290 g/mol. The number of rotatable bonds is 10. The summed E-state index contributed by atoms with van der Waals surface area (Å²) in [6.07, 6.45) is 6.35. The van der Waals surface area contributed by atoms with E-state index >= 15 is 0 Å². The molecule has 1 aromatic rings. The lowest BCUT2D eigenvalue weighted by molar-refractivity contribution is 0.217. The van der Waals surface area contributed by atoms with Crippen LogP contribution in [-0.2, 0) is 0 Å². The van der Waals surface area contributed by atoms with Crippen molar-refractivity contribution in [3.63, 3.8) is 0 Å². The second-order valence-corrected chi connectivity index (χ2v) is 5.96. The summed E-state index contributed by atoms with van der Waals surface area (Å²) in [5.41, 5.74) is 0. The van der Waals surface area contributed by atoms with Gasteiger partial charge in [-0.25, -0.2) is 0 Å². The molecule has 0 aliphatic carbocycles. The van der Waals surface area contributed by atoms with Crippen molar-refractivity contribution >= 4 is 0 Å². The van der Waals surface area contributed by atoms with Crippen molar-refractivity contribution < 1.29 is 4.74 Å². The monoisotopic (exact) mass is 290 g/mol. The van der Waals surface area contributed by atoms with Crippen LogP contribution in [-0.4, -0.2) is 43.7 Å². The number of hydrogen-bond donors (Lipinski definition) is 1. The van der Waals surface area contributed by atoms with E-state index in [0.29, 0.717) is 6.04 Å². The molecule has 1 unspecified atom stereocenters. The minimum absolute atomic E-state index is 0.705. The summed E-state index contributed by atoms with van der Waals surface area (Å²) in [5.74, 6) is 0.982. The topological polar surface area (TPSA) is 24.5 Å². The Kier molecular flexibility index (Phi) is 7.61. The second-order valence-electron chi connectivity index (χ2n) is 5.96. The first-order valence-electron chi connectivity index (χ1n) is 8.52. The maximum atomic E-state index is 5.79. The number of unbranched alkanes of at least 4 members (excludes halogenated alkanes) is 1. The average Bonchev–Trinajstić information content (AvgIpc) is 3.03. The molecular formula is C18H30N2O. The Morgan fingerprint density at radius 3 is 2.71 bits per heavy atom. The van der Waals surface area contributed by atoms with Crippen molar-refractivity contribution in [1.29, 1.82) is 0 Å². The number of ether oxygens (including phenoxy) is 1. The summed E-state index contributed by atoms with van der Waals surface area (Å²) >= 11 is 0. The molecule has 0 aromatic heterocycles. The van der Waals surface area contributed by atoms with Gasteiger partial charge >= 0.3 is 0 Å². The van der Waals surface area contributed by atoms with E-state index in [2.05, 4.69) is 17.1 Å². The molecule has 3 nitrogen and oxygen atoms in total. The van der Waals surface area contributed by atoms with E-state index in [-0.39, 0.29) is 0 Å². The summed E-state index contributed by atoms with van der Waals surface area (Å²) in [6, 6.07) is 10.8. The van der Waals surface area contributed by atoms with Gasteiger partial charge in [0.2, 0.25) is 0 Å². The summed E-state index contributed by atoms with van der Waals surface area (Å²) in [6.45, 7) is 7.84. The SMILES string of the molecule is CCCCN(CCCOc1ccccc1)CC1CCCN1. The molecule has 0 amide bonds. The maximum Gasteiger partial charge on any atom is 0.119 e. The lowest BCUT2D eigenvalue weighted by Crippen LogP contribution is -2.38. The predicted octanol–water partition coefficient (Wildman–Crippen LogP) is 3.31. The standard InChI is InChI=1S/C18H30N2O/c1-2-3-13-20(16-17-9-7-12-19-17)14-8-15-21-18-10-5-4-6-11-18/h4-6,10-11,17,19H,2-3,7-9,12-16H2,1H3. The third kappa shape index (κ3) is 6.49. The molecule has 1 atom stereocenters. The highest BCUT2D eigenvalue weighted by atomic mass is 16.5. The first-order chi connectivity index (χ1) is 10.4. The molecule has 1 saturated heterocycles. The summed E-state index contributed by atoms with van der Waals surface area (Å²) in [4.78, 5) is 2.61. The third-order valence-electron chi connectivity index (χ3n) is 4.10. The van der Waals surface area contributed by atoms with Gasteiger partial charge in [0.25, 0.3) is 0 Å². The Bertz CT molecular complexity index is 363. The van der Waals surface area contributed by atoms with Crippen LogP contribution in [0.3, 0.4) is 0 Å². The molecule has 1 heterocycles. The van der Waals surface area contributed by atoms with Gasteiger partial charge in [-0.05, 0) is 50.9 Å². The maximum absolute atomic E-state index is 5.79. The lowest BCUT2D eigenvalue weighted by Gasteiger charge is -2.25. The first kappa shape index (κ1) is 16.3. The predicted molar refractivity (Wildman–Crippen MR) is 88.9 cm³/mol. The molecule has 0 radical (unpaired) electrons. The van der Waals surface area contributed by atoms with Crippen LogP contribution < -0.4 is 10.1 Å². The fourth-order valence-corrected chi connectivity index (χ4v) is 2.90. The van der Waals surface area contributed by atoms with Crippen LogP contribution >= 0.6 is 0 Å². The van der Waals surface area contributed by atoms with Crippen LogP contribution in [0, 0.1) is 0 Å². The van der Waals surface area contributed by atoms with Crippen LogP contribution in [0.5, 0.6) is 5.75 Å². The molecule has 2 rings (SSSR count). The van der Waals surface area contributed by atoms with Crippen LogP contribution in [0.1, 0.15) is 39.0 Å². The molecule has 0 spiro atoms. The van der Waals surface area contributed by atoms with Crippen molar-refractivity contribution in [2.45, 2.75) is 45.1 Å². The van der Waals surface area contributed by atoms with E-state index in [1.54, 1.807) is 0 Å². The Labute approximate surface area is 129 Å². The van der Waals surface area contributed by atoms with E-state index in [1.807, 2.05) is 30.3 Å². The number of para-hydroxylation sites is 1. The Balaban J connectivity index is 1.65.